The van der Waals surface area contributed by atoms with Gasteiger partial charge in [-0.05, 0) is 87.5 Å². The molecule has 8 nitrogen and oxygen atoms in total. The Morgan fingerprint density at radius 2 is 1.87 bits per heavy atom. The molecule has 0 aliphatic carbocycles. The van der Waals surface area contributed by atoms with E-state index in [-0.39, 0.29) is 41.5 Å². The first-order valence-electron chi connectivity index (χ1n) is 13.1. The van der Waals surface area contributed by atoms with Crippen molar-refractivity contribution in [3.8, 4) is 0 Å². The second-order valence-corrected chi connectivity index (χ2v) is 14.7. The quantitative estimate of drug-likeness (QED) is 0.467. The van der Waals surface area contributed by atoms with Crippen molar-refractivity contribution in [3.63, 3.8) is 0 Å². The van der Waals surface area contributed by atoms with E-state index in [4.69, 9.17) is 0 Å². The van der Waals surface area contributed by atoms with Crippen LogP contribution >= 0.6 is 0 Å². The van der Waals surface area contributed by atoms with Gasteiger partial charge in [-0.3, -0.25) is 9.21 Å². The summed E-state index contributed by atoms with van der Waals surface area (Å²) in [5.74, 6) is -1.58. The van der Waals surface area contributed by atoms with E-state index in [1.54, 1.807) is 38.2 Å². The number of halogens is 2. The zero-order chi connectivity index (χ0) is 28.3. The Morgan fingerprint density at radius 1 is 1.13 bits per heavy atom. The molecule has 2 aromatic carbocycles. The molecular weight excluding hydrogens is 546 g/mol. The molecule has 0 bridgehead atoms. The Morgan fingerprint density at radius 3 is 2.54 bits per heavy atom. The summed E-state index contributed by atoms with van der Waals surface area (Å²) in [4.78, 5) is 5.31. The van der Waals surface area contributed by atoms with Crippen molar-refractivity contribution in [2.24, 2.45) is 0 Å². The molecule has 212 valence electrons. The molecule has 3 aromatic rings. The van der Waals surface area contributed by atoms with Crippen LogP contribution in [0.3, 0.4) is 0 Å². The van der Waals surface area contributed by atoms with Crippen molar-refractivity contribution >= 4 is 36.6 Å². The molecule has 0 radical (unpaired) electrons. The molecule has 0 saturated carbocycles. The summed E-state index contributed by atoms with van der Waals surface area (Å²) in [6.45, 7) is 7.27. The highest BCUT2D eigenvalue weighted by Gasteiger charge is 2.39. The van der Waals surface area contributed by atoms with Crippen LogP contribution in [-0.2, 0) is 26.6 Å². The molecule has 1 saturated heterocycles. The van der Waals surface area contributed by atoms with Gasteiger partial charge in [0.1, 0.15) is 0 Å². The van der Waals surface area contributed by atoms with Crippen molar-refractivity contribution in [1.29, 1.82) is 0 Å². The predicted molar refractivity (Wildman–Crippen MR) is 148 cm³/mol. The summed E-state index contributed by atoms with van der Waals surface area (Å²) >= 11 is 0. The predicted octanol–water partition coefficient (Wildman–Crippen LogP) is 4.39. The molecule has 3 heterocycles. The van der Waals surface area contributed by atoms with Gasteiger partial charge in [0.2, 0.25) is 0 Å². The molecule has 12 heteroatoms. The van der Waals surface area contributed by atoms with Gasteiger partial charge in [0.25, 0.3) is 0 Å². The number of nitrogens with one attached hydrogen (secondary N) is 1. The van der Waals surface area contributed by atoms with Crippen molar-refractivity contribution in [1.82, 2.24) is 14.2 Å². The molecule has 2 aliphatic heterocycles. The summed E-state index contributed by atoms with van der Waals surface area (Å²) in [5.41, 5.74) is 2.33. The van der Waals surface area contributed by atoms with E-state index in [2.05, 4.69) is 16.8 Å². The number of benzene rings is 2. The summed E-state index contributed by atoms with van der Waals surface area (Å²) < 4.78 is 82.1. The highest BCUT2D eigenvalue weighted by molar-refractivity contribution is 7.91. The second kappa shape index (κ2) is 10.1. The number of anilines is 1. The lowest BCUT2D eigenvalue weighted by Crippen LogP contribution is -2.53. The lowest BCUT2D eigenvalue weighted by atomic mass is 9.85. The smallest absolute Gasteiger partial charge is 0.304 e. The Labute approximate surface area is 228 Å². The topological polar surface area (TPSA) is 93.8 Å². The van der Waals surface area contributed by atoms with E-state index < -0.39 is 31.7 Å². The first kappa shape index (κ1) is 28.0. The molecule has 0 spiro atoms. The number of piperidine rings is 1. The summed E-state index contributed by atoms with van der Waals surface area (Å²) in [7, 11) is -7.24. The zero-order valence-electron chi connectivity index (χ0n) is 22.5. The maximum atomic E-state index is 14.2. The average Bonchev–Trinajstić information content (AvgIpc) is 3.29. The minimum absolute atomic E-state index is 0.117. The minimum Gasteiger partial charge on any atom is -0.358 e. The third-order valence-electron chi connectivity index (χ3n) is 8.05. The fraction of sp³-hybridized carbons (Fsp3) is 0.481. The number of nitrogens with zero attached hydrogens (tertiary/aromatic N) is 3. The maximum Gasteiger partial charge on any atom is 0.304 e. The van der Waals surface area contributed by atoms with E-state index in [1.165, 1.54) is 14.7 Å². The van der Waals surface area contributed by atoms with Crippen LogP contribution in [0.2, 0.25) is 0 Å². The van der Waals surface area contributed by atoms with Crippen molar-refractivity contribution in [2.45, 2.75) is 63.1 Å². The van der Waals surface area contributed by atoms with Gasteiger partial charge < -0.3 is 4.98 Å². The van der Waals surface area contributed by atoms with Crippen LogP contribution in [0.4, 0.5) is 14.5 Å². The normalized spacial score (nSPS) is 22.5. The number of aromatic amines is 1. The number of sulfone groups is 1. The first-order chi connectivity index (χ1) is 18.3. The first-order valence-corrected chi connectivity index (χ1v) is 16.4. The molecule has 0 unspecified atom stereocenters. The van der Waals surface area contributed by atoms with E-state index in [0.29, 0.717) is 23.2 Å². The van der Waals surface area contributed by atoms with Gasteiger partial charge in [-0.1, -0.05) is 0 Å². The molecule has 1 aromatic heterocycles. The van der Waals surface area contributed by atoms with E-state index in [0.717, 1.165) is 37.3 Å². The summed E-state index contributed by atoms with van der Waals surface area (Å²) in [6.07, 6.45) is 4.51. The third kappa shape index (κ3) is 5.07. The van der Waals surface area contributed by atoms with Gasteiger partial charge in [0.15, 0.2) is 21.5 Å². The van der Waals surface area contributed by atoms with Crippen LogP contribution in [0.1, 0.15) is 50.7 Å². The van der Waals surface area contributed by atoms with E-state index in [1.807, 2.05) is 0 Å². The molecule has 1 N–H and O–H groups in total. The average molecular weight is 581 g/mol. The second-order valence-electron chi connectivity index (χ2n) is 10.9. The SMILES string of the molecule is CC(C)N1Cc2cc(S(C)(=O)=O)ccc2N(CCN2CC[C@H](c3c[nH]c4c(F)c(F)ccc34)C[C@H]2C)S1(=O)=O. The van der Waals surface area contributed by atoms with Gasteiger partial charge >= 0.3 is 10.2 Å². The fourth-order valence-electron chi connectivity index (χ4n) is 5.90. The lowest BCUT2D eigenvalue weighted by Gasteiger charge is -2.42. The van der Waals surface area contributed by atoms with Gasteiger partial charge in [0, 0.05) is 49.6 Å². The number of hydrogen-bond donors (Lipinski definition) is 1. The highest BCUT2D eigenvalue weighted by Crippen LogP contribution is 2.38. The fourth-order valence-corrected chi connectivity index (χ4v) is 8.40. The number of aromatic nitrogens is 1. The maximum absolute atomic E-state index is 14.2. The van der Waals surface area contributed by atoms with Gasteiger partial charge in [0.05, 0.1) is 16.1 Å². The Balaban J connectivity index is 1.35. The highest BCUT2D eigenvalue weighted by atomic mass is 32.2. The molecule has 39 heavy (non-hydrogen) atoms. The molecule has 5 rings (SSSR count). The van der Waals surface area contributed by atoms with Crippen molar-refractivity contribution in [2.75, 3.05) is 30.2 Å². The van der Waals surface area contributed by atoms with Crippen LogP contribution in [0.15, 0.2) is 41.4 Å². The molecule has 1 fully saturated rings. The lowest BCUT2D eigenvalue weighted by molar-refractivity contribution is 0.151. The van der Waals surface area contributed by atoms with Crippen LogP contribution in [0, 0.1) is 11.6 Å². The molecule has 0 amide bonds. The van der Waals surface area contributed by atoms with Crippen LogP contribution in [0.5, 0.6) is 0 Å². The summed E-state index contributed by atoms with van der Waals surface area (Å²) in [6, 6.07) is 7.25. The number of rotatable bonds is 6. The minimum atomic E-state index is -3.80. The number of likely N-dealkylation sites (tertiary alicyclic amines) is 1. The van der Waals surface area contributed by atoms with Crippen LogP contribution in [-0.4, -0.2) is 69.0 Å². The third-order valence-corrected chi connectivity index (χ3v) is 11.2. The van der Waals surface area contributed by atoms with Gasteiger partial charge in [-0.15, -0.1) is 0 Å². The van der Waals surface area contributed by atoms with Crippen molar-refractivity contribution < 1.29 is 25.6 Å². The van der Waals surface area contributed by atoms with Gasteiger partial charge in [-0.25, -0.2) is 17.2 Å². The molecule has 2 aliphatic rings. The Hall–Kier alpha value is -2.54. The van der Waals surface area contributed by atoms with Crippen LogP contribution in [0.25, 0.3) is 10.9 Å². The number of fused-ring (bicyclic) bond motifs is 2. The van der Waals surface area contributed by atoms with Gasteiger partial charge in [-0.2, -0.15) is 12.7 Å². The Bertz CT molecular complexity index is 1620. The number of hydrogen-bond acceptors (Lipinski definition) is 5. The standard InChI is InChI=1S/C27H34F2N4O4S2/c1-17(2)33-16-20-14-21(38(4,34)35)5-8-25(20)32(39(33,36)37)12-11-31-10-9-19(13-18(31)3)23-15-30-27-22(23)6-7-24(28)26(27)29/h5-8,14-15,17-19,30H,9-13,16H2,1-4H3/t18-,19+/m1/s1. The number of H-pyrrole nitrogens is 1. The zero-order valence-corrected chi connectivity index (χ0v) is 24.1. The van der Waals surface area contributed by atoms with E-state index in [9.17, 15) is 25.6 Å². The Kier molecular flexibility index (Phi) is 7.28. The largest absolute Gasteiger partial charge is 0.358 e. The summed E-state index contributed by atoms with van der Waals surface area (Å²) in [5, 5.41) is 0.692. The molecular formula is C27H34F2N4O4S2. The van der Waals surface area contributed by atoms with E-state index >= 15 is 0 Å². The van der Waals surface area contributed by atoms with Crippen LogP contribution < -0.4 is 4.31 Å². The monoisotopic (exact) mass is 580 g/mol. The molecule has 2 atom stereocenters. The van der Waals surface area contributed by atoms with Crippen molar-refractivity contribution in [3.05, 3.63) is 59.3 Å².